The molecule has 0 bridgehead atoms. The Hall–Kier alpha value is -8.97. The normalized spacial score (nSPS) is 11.8. The van der Waals surface area contributed by atoms with Gasteiger partial charge in [0, 0.05) is 49.1 Å². The van der Waals surface area contributed by atoms with Crippen molar-refractivity contribution in [3.05, 3.63) is 237 Å². The molecule has 322 valence electrons. The Kier molecular flexibility index (Phi) is 9.00. The second-order valence-electron chi connectivity index (χ2n) is 17.6. The number of benzene rings is 10. The van der Waals surface area contributed by atoms with Gasteiger partial charge in [-0.3, -0.25) is 4.57 Å². The van der Waals surface area contributed by atoms with E-state index in [1.807, 2.05) is 23.5 Å². The molecule has 0 aliphatic rings. The van der Waals surface area contributed by atoms with Crippen molar-refractivity contribution in [1.29, 1.82) is 0 Å². The predicted octanol–water partition coefficient (Wildman–Crippen LogP) is 16.8. The SMILES string of the molecule is c1ccc(-c2ccc(-c3nc(-c4cccc(-c5ccccc5)c4)nc(-n4c5ccccc5c5ccc6c7ccc8c9ccccc9n(-c9cccc(-c%10ccccc%10)c9)c8c7sc6c54)n3)cc2)cc1. The van der Waals surface area contributed by atoms with Gasteiger partial charge in [0.05, 0.1) is 31.5 Å². The molecule has 10 aromatic carbocycles. The van der Waals surface area contributed by atoms with Gasteiger partial charge in [-0.2, -0.15) is 9.97 Å². The molecule has 0 saturated carbocycles. The van der Waals surface area contributed by atoms with Crippen LogP contribution in [0.4, 0.5) is 0 Å². The minimum absolute atomic E-state index is 0.570. The highest BCUT2D eigenvalue weighted by Gasteiger charge is 2.24. The summed E-state index contributed by atoms with van der Waals surface area (Å²) in [7, 11) is 0. The molecule has 0 fully saturated rings. The fourth-order valence-electron chi connectivity index (χ4n) is 10.4. The highest BCUT2D eigenvalue weighted by molar-refractivity contribution is 7.27. The molecule has 14 rings (SSSR count). The molecule has 14 aromatic rings. The molecule has 0 radical (unpaired) electrons. The van der Waals surface area contributed by atoms with E-state index in [2.05, 4.69) is 234 Å². The smallest absolute Gasteiger partial charge is 0.238 e. The Morgan fingerprint density at radius 3 is 1.30 bits per heavy atom. The number of hydrogen-bond acceptors (Lipinski definition) is 4. The maximum atomic E-state index is 5.44. The fourth-order valence-corrected chi connectivity index (χ4v) is 11.7. The summed E-state index contributed by atoms with van der Waals surface area (Å²) in [5, 5.41) is 7.18. The molecular formula is C63H39N5S. The largest absolute Gasteiger partial charge is 0.308 e. The molecule has 0 spiro atoms. The lowest BCUT2D eigenvalue weighted by Crippen LogP contribution is -2.06. The molecule has 0 N–H and O–H groups in total. The van der Waals surface area contributed by atoms with Crippen molar-refractivity contribution >= 4 is 75.1 Å². The summed E-state index contributed by atoms with van der Waals surface area (Å²) in [6.07, 6.45) is 0. The fraction of sp³-hybridized carbons (Fsp3) is 0. The lowest BCUT2D eigenvalue weighted by Gasteiger charge is -2.12. The van der Waals surface area contributed by atoms with Crippen LogP contribution >= 0.6 is 11.3 Å². The lowest BCUT2D eigenvalue weighted by atomic mass is 10.0. The van der Waals surface area contributed by atoms with E-state index in [0.717, 1.165) is 60.9 Å². The maximum Gasteiger partial charge on any atom is 0.238 e. The van der Waals surface area contributed by atoms with Gasteiger partial charge in [0.25, 0.3) is 0 Å². The van der Waals surface area contributed by atoms with E-state index in [1.165, 1.54) is 53.1 Å². The van der Waals surface area contributed by atoms with E-state index < -0.39 is 0 Å². The van der Waals surface area contributed by atoms with Crippen LogP contribution in [0.15, 0.2) is 237 Å². The van der Waals surface area contributed by atoms with Crippen molar-refractivity contribution in [2.75, 3.05) is 0 Å². The van der Waals surface area contributed by atoms with Crippen LogP contribution < -0.4 is 0 Å². The van der Waals surface area contributed by atoms with Crippen molar-refractivity contribution in [3.8, 4) is 67.8 Å². The summed E-state index contributed by atoms with van der Waals surface area (Å²) in [6.45, 7) is 0. The third kappa shape index (κ3) is 6.41. The van der Waals surface area contributed by atoms with Crippen LogP contribution in [0.25, 0.3) is 132 Å². The van der Waals surface area contributed by atoms with Crippen molar-refractivity contribution in [1.82, 2.24) is 24.1 Å². The molecule has 0 amide bonds. The molecule has 0 aliphatic carbocycles. The van der Waals surface area contributed by atoms with E-state index in [1.54, 1.807) is 0 Å². The average molecular weight is 898 g/mol. The molecule has 5 nitrogen and oxygen atoms in total. The van der Waals surface area contributed by atoms with Gasteiger partial charge in [0.1, 0.15) is 0 Å². The summed E-state index contributed by atoms with van der Waals surface area (Å²) in [5.74, 6) is 1.79. The second-order valence-corrected chi connectivity index (χ2v) is 18.6. The van der Waals surface area contributed by atoms with Crippen molar-refractivity contribution in [3.63, 3.8) is 0 Å². The van der Waals surface area contributed by atoms with Crippen LogP contribution in [-0.2, 0) is 0 Å². The maximum absolute atomic E-state index is 5.44. The van der Waals surface area contributed by atoms with Crippen LogP contribution in [0.1, 0.15) is 0 Å². The molecule has 0 atom stereocenters. The number of para-hydroxylation sites is 2. The molecular weight excluding hydrogens is 859 g/mol. The standard InChI is InChI=1S/C63H39N5S/c1-4-16-40(17-5-1)43-30-32-44(33-31-43)61-64-62(47-24-14-22-45(38-47)41-18-6-2-7-19-41)66-63(65-61)68-56-29-13-11-27-50(56)52-35-37-54-53-36-34-51-49-26-10-12-28-55(49)67(57(51)59(53)69-60(54)58(52)68)48-25-15-23-46(39-48)42-20-8-3-9-21-42/h1-39H. The van der Waals surface area contributed by atoms with E-state index in [4.69, 9.17) is 15.0 Å². The first-order chi connectivity index (χ1) is 34.2. The Morgan fingerprint density at radius 1 is 0.275 bits per heavy atom. The van der Waals surface area contributed by atoms with E-state index in [9.17, 15) is 0 Å². The van der Waals surface area contributed by atoms with Crippen molar-refractivity contribution < 1.29 is 0 Å². The first-order valence-electron chi connectivity index (χ1n) is 23.3. The van der Waals surface area contributed by atoms with Crippen LogP contribution in [0.3, 0.4) is 0 Å². The summed E-state index contributed by atoms with van der Waals surface area (Å²) in [4.78, 5) is 16.1. The van der Waals surface area contributed by atoms with Gasteiger partial charge in [-0.05, 0) is 63.7 Å². The zero-order valence-electron chi connectivity index (χ0n) is 37.2. The second kappa shape index (κ2) is 15.8. The number of fused-ring (bicyclic) bond motifs is 11. The van der Waals surface area contributed by atoms with Crippen LogP contribution in [0.2, 0.25) is 0 Å². The summed E-state index contributed by atoms with van der Waals surface area (Å²) >= 11 is 1.86. The molecule has 0 unspecified atom stereocenters. The van der Waals surface area contributed by atoms with E-state index in [0.29, 0.717) is 17.6 Å². The first kappa shape index (κ1) is 39.2. The number of aromatic nitrogens is 5. The average Bonchev–Trinajstić information content (AvgIpc) is 4.10. The van der Waals surface area contributed by atoms with Gasteiger partial charge in [-0.1, -0.05) is 206 Å². The minimum Gasteiger partial charge on any atom is -0.308 e. The monoisotopic (exact) mass is 897 g/mol. The minimum atomic E-state index is 0.570. The van der Waals surface area contributed by atoms with Gasteiger partial charge in [-0.15, -0.1) is 11.3 Å². The molecule has 0 aliphatic heterocycles. The number of hydrogen-bond donors (Lipinski definition) is 0. The van der Waals surface area contributed by atoms with Crippen LogP contribution in [0, 0.1) is 0 Å². The highest BCUT2D eigenvalue weighted by atomic mass is 32.1. The highest BCUT2D eigenvalue weighted by Crippen LogP contribution is 2.47. The molecule has 4 aromatic heterocycles. The van der Waals surface area contributed by atoms with Crippen LogP contribution in [-0.4, -0.2) is 24.1 Å². The predicted molar refractivity (Wildman–Crippen MR) is 289 cm³/mol. The van der Waals surface area contributed by atoms with Gasteiger partial charge in [0.15, 0.2) is 11.6 Å². The Labute approximate surface area is 401 Å². The Morgan fingerprint density at radius 2 is 0.696 bits per heavy atom. The van der Waals surface area contributed by atoms with Gasteiger partial charge >= 0.3 is 0 Å². The topological polar surface area (TPSA) is 48.5 Å². The number of rotatable bonds is 7. The van der Waals surface area contributed by atoms with Gasteiger partial charge in [0.2, 0.25) is 5.95 Å². The molecule has 4 heterocycles. The summed E-state index contributed by atoms with van der Waals surface area (Å²) in [6, 6.07) is 84.3. The third-order valence-corrected chi connectivity index (χ3v) is 14.8. The number of nitrogens with zero attached hydrogens (tertiary/aromatic N) is 5. The molecule has 6 heteroatoms. The van der Waals surface area contributed by atoms with Gasteiger partial charge < -0.3 is 4.57 Å². The third-order valence-electron chi connectivity index (χ3n) is 13.6. The zero-order valence-corrected chi connectivity index (χ0v) is 38.0. The zero-order chi connectivity index (χ0) is 45.4. The molecule has 69 heavy (non-hydrogen) atoms. The van der Waals surface area contributed by atoms with Crippen molar-refractivity contribution in [2.24, 2.45) is 0 Å². The quantitative estimate of drug-likeness (QED) is 0.160. The Bertz CT molecular complexity index is 4280. The molecule has 0 saturated heterocycles. The van der Waals surface area contributed by atoms with E-state index in [-0.39, 0.29) is 0 Å². The van der Waals surface area contributed by atoms with Gasteiger partial charge in [-0.25, -0.2) is 4.98 Å². The number of thiophene rings is 1. The Balaban J connectivity index is 1.03. The summed E-state index contributed by atoms with van der Waals surface area (Å²) in [5.41, 5.74) is 14.4. The van der Waals surface area contributed by atoms with E-state index >= 15 is 0 Å². The van der Waals surface area contributed by atoms with Crippen molar-refractivity contribution in [2.45, 2.75) is 0 Å². The first-order valence-corrected chi connectivity index (χ1v) is 24.1. The lowest BCUT2D eigenvalue weighted by molar-refractivity contribution is 0.955. The van der Waals surface area contributed by atoms with Crippen LogP contribution in [0.5, 0.6) is 0 Å². The summed E-state index contributed by atoms with van der Waals surface area (Å²) < 4.78 is 7.18.